The van der Waals surface area contributed by atoms with Gasteiger partial charge in [-0.15, -0.1) is 0 Å². The van der Waals surface area contributed by atoms with Gasteiger partial charge in [0, 0.05) is 0 Å². The first-order valence-corrected chi connectivity index (χ1v) is 8.77. The van der Waals surface area contributed by atoms with Gasteiger partial charge in [-0.3, -0.25) is 0 Å². The summed E-state index contributed by atoms with van der Waals surface area (Å²) in [5.41, 5.74) is 9.90. The topological polar surface area (TPSA) is 0 Å². The zero-order valence-corrected chi connectivity index (χ0v) is 16.5. The van der Waals surface area contributed by atoms with Crippen molar-refractivity contribution in [2.24, 2.45) is 0 Å². The van der Waals surface area contributed by atoms with Crippen LogP contribution >= 0.6 is 0 Å². The zero-order chi connectivity index (χ0) is 17.7. The Morgan fingerprint density at radius 1 is 0.522 bits per heavy atom. The molecule has 0 saturated carbocycles. The summed E-state index contributed by atoms with van der Waals surface area (Å²) in [7, 11) is 0. The van der Waals surface area contributed by atoms with Gasteiger partial charge in [0.05, 0.1) is 0 Å². The Labute approximate surface area is 144 Å². The van der Waals surface area contributed by atoms with Gasteiger partial charge in [0.1, 0.15) is 0 Å². The molecule has 0 aliphatic carbocycles. The van der Waals surface area contributed by atoms with Crippen molar-refractivity contribution in [3.8, 4) is 0 Å². The van der Waals surface area contributed by atoms with E-state index in [1.165, 1.54) is 38.9 Å². The zero-order valence-electron chi connectivity index (χ0n) is 16.5. The van der Waals surface area contributed by atoms with Crippen molar-refractivity contribution >= 4 is 0 Å². The lowest BCUT2D eigenvalue weighted by atomic mass is 9.95. The molecule has 0 spiro atoms. The third-order valence-electron chi connectivity index (χ3n) is 4.53. The molecule has 2 aromatic carbocycles. The fraction of sp³-hybridized carbons (Fsp3) is 0.478. The van der Waals surface area contributed by atoms with Crippen LogP contribution in [-0.2, 0) is 0 Å². The van der Waals surface area contributed by atoms with Gasteiger partial charge >= 0.3 is 0 Å². The number of benzene rings is 2. The summed E-state index contributed by atoms with van der Waals surface area (Å²) < 4.78 is 0. The van der Waals surface area contributed by atoms with Gasteiger partial charge in [-0.2, -0.15) is 0 Å². The van der Waals surface area contributed by atoms with Gasteiger partial charge in [-0.05, 0) is 74.3 Å². The average Bonchev–Trinajstić information content (AvgIpc) is 2.43. The van der Waals surface area contributed by atoms with Crippen LogP contribution in [0.25, 0.3) is 0 Å². The molecule has 0 unspecified atom stereocenters. The van der Waals surface area contributed by atoms with Crippen LogP contribution < -0.4 is 0 Å². The lowest BCUT2D eigenvalue weighted by Gasteiger charge is -2.11. The van der Waals surface area contributed by atoms with Crippen LogP contribution in [0, 0.1) is 34.6 Å². The van der Waals surface area contributed by atoms with Crippen molar-refractivity contribution in [3.05, 3.63) is 69.3 Å². The Balaban J connectivity index is 0.000000231. The maximum atomic E-state index is 2.30. The second-order valence-electron chi connectivity index (χ2n) is 7.51. The van der Waals surface area contributed by atoms with Crippen molar-refractivity contribution in [3.63, 3.8) is 0 Å². The van der Waals surface area contributed by atoms with Crippen molar-refractivity contribution in [2.75, 3.05) is 0 Å². The smallest absolute Gasteiger partial charge is 0.0219 e. The Bertz CT molecular complexity index is 602. The molecule has 2 rings (SSSR count). The molecule has 0 amide bonds. The van der Waals surface area contributed by atoms with Gasteiger partial charge in [-0.25, -0.2) is 0 Å². The van der Waals surface area contributed by atoms with Crippen LogP contribution in [0.3, 0.4) is 0 Å². The summed E-state index contributed by atoms with van der Waals surface area (Å²) in [6.07, 6.45) is 0. The van der Waals surface area contributed by atoms with Crippen LogP contribution in [0.4, 0.5) is 0 Å². The quantitative estimate of drug-likeness (QED) is 0.552. The number of hydrogen-bond donors (Lipinski definition) is 0. The first-order valence-electron chi connectivity index (χ1n) is 8.77. The minimum atomic E-state index is 0.642. The third kappa shape index (κ3) is 5.86. The van der Waals surface area contributed by atoms with E-state index in [9.17, 15) is 0 Å². The first kappa shape index (κ1) is 19.5. The number of aryl methyl sites for hydroxylation is 4. The highest BCUT2D eigenvalue weighted by Crippen LogP contribution is 2.21. The molecule has 0 saturated heterocycles. The monoisotopic (exact) mass is 310 g/mol. The van der Waals surface area contributed by atoms with E-state index in [2.05, 4.69) is 92.6 Å². The van der Waals surface area contributed by atoms with Gasteiger partial charge in [0.15, 0.2) is 0 Å². The molecule has 0 aromatic heterocycles. The Morgan fingerprint density at radius 2 is 0.870 bits per heavy atom. The van der Waals surface area contributed by atoms with Crippen LogP contribution in [-0.4, -0.2) is 0 Å². The molecule has 0 heteroatoms. The van der Waals surface area contributed by atoms with E-state index in [0.717, 1.165) is 0 Å². The van der Waals surface area contributed by atoms with E-state index in [-0.39, 0.29) is 0 Å². The van der Waals surface area contributed by atoms with Gasteiger partial charge in [-0.1, -0.05) is 69.2 Å². The second kappa shape index (κ2) is 8.34. The molecule has 0 aliphatic rings. The van der Waals surface area contributed by atoms with Crippen molar-refractivity contribution in [1.82, 2.24) is 0 Å². The molecule has 0 heterocycles. The van der Waals surface area contributed by atoms with Gasteiger partial charge < -0.3 is 0 Å². The summed E-state index contributed by atoms with van der Waals surface area (Å²) in [6, 6.07) is 11.3. The summed E-state index contributed by atoms with van der Waals surface area (Å²) in [5, 5.41) is 0. The minimum Gasteiger partial charge on any atom is -0.0587 e. The largest absolute Gasteiger partial charge is 0.0587 e. The predicted octanol–water partition coefficient (Wildman–Crippen LogP) is 7.16. The average molecular weight is 311 g/mol. The van der Waals surface area contributed by atoms with Crippen LogP contribution in [0.5, 0.6) is 0 Å². The number of hydrogen-bond acceptors (Lipinski definition) is 0. The molecule has 126 valence electrons. The standard InChI is InChI=1S/C12H18.C11H16/c1-8(2)12-6-9(3)11(5)10(4)7-12;1-8(2)11-6-9(3)5-10(4)7-11/h6-8H,1-5H3;5-8H,1-4H3. The molecule has 0 aliphatic heterocycles. The molecule has 2 aromatic rings. The SMILES string of the molecule is Cc1cc(C(C)C)cc(C)c1C.Cc1cc(C)cc(C(C)C)c1. The van der Waals surface area contributed by atoms with E-state index in [1.54, 1.807) is 0 Å². The Kier molecular flexibility index (Phi) is 7.06. The van der Waals surface area contributed by atoms with E-state index >= 15 is 0 Å². The molecule has 0 radical (unpaired) electrons. The van der Waals surface area contributed by atoms with Crippen molar-refractivity contribution in [2.45, 2.75) is 74.1 Å². The van der Waals surface area contributed by atoms with Crippen molar-refractivity contribution in [1.29, 1.82) is 0 Å². The highest BCUT2D eigenvalue weighted by molar-refractivity contribution is 5.37. The number of rotatable bonds is 2. The van der Waals surface area contributed by atoms with Crippen LogP contribution in [0.2, 0.25) is 0 Å². The minimum absolute atomic E-state index is 0.642. The summed E-state index contributed by atoms with van der Waals surface area (Å²) in [6.45, 7) is 19.8. The predicted molar refractivity (Wildman–Crippen MR) is 105 cm³/mol. The van der Waals surface area contributed by atoms with Gasteiger partial charge in [0.2, 0.25) is 0 Å². The molecule has 0 fully saturated rings. The molecular weight excluding hydrogens is 276 g/mol. The highest BCUT2D eigenvalue weighted by Gasteiger charge is 2.03. The summed E-state index contributed by atoms with van der Waals surface area (Å²) >= 11 is 0. The lowest BCUT2D eigenvalue weighted by molar-refractivity contribution is 0.861. The Morgan fingerprint density at radius 3 is 1.22 bits per heavy atom. The van der Waals surface area contributed by atoms with E-state index < -0.39 is 0 Å². The van der Waals surface area contributed by atoms with E-state index in [1.807, 2.05) is 0 Å². The molecule has 0 bridgehead atoms. The summed E-state index contributed by atoms with van der Waals surface area (Å²) in [4.78, 5) is 0. The fourth-order valence-corrected chi connectivity index (χ4v) is 2.75. The molecular formula is C23H34. The van der Waals surface area contributed by atoms with Crippen LogP contribution in [0.15, 0.2) is 30.3 Å². The van der Waals surface area contributed by atoms with E-state index in [4.69, 9.17) is 0 Å². The first-order chi connectivity index (χ1) is 10.6. The van der Waals surface area contributed by atoms with Crippen LogP contribution in [0.1, 0.15) is 78.5 Å². The van der Waals surface area contributed by atoms with E-state index in [0.29, 0.717) is 11.8 Å². The Hall–Kier alpha value is -1.56. The molecule has 23 heavy (non-hydrogen) atoms. The van der Waals surface area contributed by atoms with Gasteiger partial charge in [0.25, 0.3) is 0 Å². The lowest BCUT2D eigenvalue weighted by Crippen LogP contribution is -1.93. The molecule has 0 N–H and O–H groups in total. The third-order valence-corrected chi connectivity index (χ3v) is 4.53. The fourth-order valence-electron chi connectivity index (χ4n) is 2.75. The van der Waals surface area contributed by atoms with Crippen molar-refractivity contribution < 1.29 is 0 Å². The normalized spacial score (nSPS) is 10.7. The summed E-state index contributed by atoms with van der Waals surface area (Å²) in [5.74, 6) is 1.29. The maximum Gasteiger partial charge on any atom is -0.0219 e. The highest BCUT2D eigenvalue weighted by atomic mass is 14.1. The second-order valence-corrected chi connectivity index (χ2v) is 7.51. The molecule has 0 atom stereocenters. The molecule has 0 nitrogen and oxygen atoms in total. The maximum absolute atomic E-state index is 2.30.